The molecule has 0 saturated carbocycles. The van der Waals surface area contributed by atoms with Gasteiger partial charge in [0.25, 0.3) is 0 Å². The van der Waals surface area contributed by atoms with Gasteiger partial charge in [0, 0.05) is 12.0 Å². The molecule has 4 nitrogen and oxygen atoms in total. The van der Waals surface area contributed by atoms with Gasteiger partial charge in [0.2, 0.25) is 0 Å². The quantitative estimate of drug-likeness (QED) is 0.901. The number of aromatic nitrogens is 3. The first kappa shape index (κ1) is 13.7. The highest BCUT2D eigenvalue weighted by atomic mass is 15.4. The van der Waals surface area contributed by atoms with Crippen molar-refractivity contribution in [1.82, 2.24) is 15.0 Å². The zero-order valence-electron chi connectivity index (χ0n) is 12.4. The van der Waals surface area contributed by atoms with Crippen LogP contribution in [-0.2, 0) is 12.0 Å². The standard InChI is InChI=1S/C15H22N4/c1-10-6-7-13(11(2)8-10)19-14(15(3,4)5)12(9-16)17-18-19/h6-8H,9,16H2,1-5H3. The third-order valence-corrected chi connectivity index (χ3v) is 3.22. The Morgan fingerprint density at radius 3 is 2.42 bits per heavy atom. The summed E-state index contributed by atoms with van der Waals surface area (Å²) in [6, 6.07) is 6.35. The first-order valence-corrected chi connectivity index (χ1v) is 6.57. The molecule has 0 radical (unpaired) electrons. The zero-order chi connectivity index (χ0) is 14.2. The van der Waals surface area contributed by atoms with Crippen LogP contribution in [-0.4, -0.2) is 15.0 Å². The monoisotopic (exact) mass is 258 g/mol. The molecule has 0 bridgehead atoms. The summed E-state index contributed by atoms with van der Waals surface area (Å²) in [4.78, 5) is 0. The Morgan fingerprint density at radius 1 is 1.21 bits per heavy atom. The Hall–Kier alpha value is -1.68. The maximum absolute atomic E-state index is 5.79. The van der Waals surface area contributed by atoms with E-state index in [0.717, 1.165) is 17.1 Å². The second-order valence-electron chi connectivity index (χ2n) is 6.04. The maximum atomic E-state index is 5.79. The van der Waals surface area contributed by atoms with E-state index in [1.54, 1.807) is 0 Å². The lowest BCUT2D eigenvalue weighted by molar-refractivity contribution is 0.537. The summed E-state index contributed by atoms with van der Waals surface area (Å²) < 4.78 is 1.93. The van der Waals surface area contributed by atoms with Crippen molar-refractivity contribution >= 4 is 0 Å². The molecule has 0 fully saturated rings. The van der Waals surface area contributed by atoms with Gasteiger partial charge in [0.15, 0.2) is 0 Å². The number of aryl methyl sites for hydroxylation is 2. The maximum Gasteiger partial charge on any atom is 0.100 e. The van der Waals surface area contributed by atoms with Crippen LogP contribution in [0, 0.1) is 13.8 Å². The summed E-state index contributed by atoms with van der Waals surface area (Å²) in [6.45, 7) is 11.1. The molecule has 0 spiro atoms. The van der Waals surface area contributed by atoms with Crippen molar-refractivity contribution in [1.29, 1.82) is 0 Å². The first-order valence-electron chi connectivity index (χ1n) is 6.57. The SMILES string of the molecule is Cc1ccc(-n2nnc(CN)c2C(C)(C)C)c(C)c1. The zero-order valence-corrected chi connectivity index (χ0v) is 12.4. The van der Waals surface area contributed by atoms with E-state index in [2.05, 4.69) is 63.1 Å². The highest BCUT2D eigenvalue weighted by molar-refractivity contribution is 5.44. The van der Waals surface area contributed by atoms with Crippen molar-refractivity contribution in [3.8, 4) is 5.69 Å². The normalized spacial score (nSPS) is 11.9. The van der Waals surface area contributed by atoms with E-state index in [0.29, 0.717) is 6.54 Å². The topological polar surface area (TPSA) is 56.7 Å². The lowest BCUT2D eigenvalue weighted by Crippen LogP contribution is -2.21. The fourth-order valence-electron chi connectivity index (χ4n) is 2.41. The molecular formula is C15H22N4. The molecule has 1 aromatic heterocycles. The number of benzene rings is 1. The Labute approximate surface area is 114 Å². The van der Waals surface area contributed by atoms with E-state index in [9.17, 15) is 0 Å². The van der Waals surface area contributed by atoms with Gasteiger partial charge in [0.1, 0.15) is 5.69 Å². The fourth-order valence-corrected chi connectivity index (χ4v) is 2.41. The molecule has 4 heteroatoms. The third kappa shape index (κ3) is 2.54. The van der Waals surface area contributed by atoms with E-state index in [4.69, 9.17) is 5.73 Å². The van der Waals surface area contributed by atoms with E-state index < -0.39 is 0 Å². The fraction of sp³-hybridized carbons (Fsp3) is 0.467. The van der Waals surface area contributed by atoms with Crippen LogP contribution in [0.1, 0.15) is 43.3 Å². The first-order chi connectivity index (χ1) is 8.84. The highest BCUT2D eigenvalue weighted by Gasteiger charge is 2.25. The van der Waals surface area contributed by atoms with Crippen LogP contribution in [0.25, 0.3) is 5.69 Å². The number of hydrogen-bond donors (Lipinski definition) is 1. The summed E-state index contributed by atoms with van der Waals surface area (Å²) in [6.07, 6.45) is 0. The molecule has 1 aromatic carbocycles. The van der Waals surface area contributed by atoms with Crippen molar-refractivity contribution < 1.29 is 0 Å². The van der Waals surface area contributed by atoms with E-state index in [1.807, 2.05) is 4.68 Å². The molecule has 0 aliphatic heterocycles. The van der Waals surface area contributed by atoms with Crippen LogP contribution in [0.15, 0.2) is 18.2 Å². The summed E-state index contributed by atoms with van der Waals surface area (Å²) in [7, 11) is 0. The van der Waals surface area contributed by atoms with Crippen molar-refractivity contribution in [3.63, 3.8) is 0 Å². The largest absolute Gasteiger partial charge is 0.325 e. The van der Waals surface area contributed by atoms with Gasteiger partial charge in [-0.25, -0.2) is 4.68 Å². The molecule has 2 rings (SSSR count). The number of nitrogens with zero attached hydrogens (tertiary/aromatic N) is 3. The molecular weight excluding hydrogens is 236 g/mol. The minimum Gasteiger partial charge on any atom is -0.325 e. The van der Waals surface area contributed by atoms with Gasteiger partial charge >= 0.3 is 0 Å². The Bertz CT molecular complexity index is 591. The number of rotatable bonds is 2. The van der Waals surface area contributed by atoms with Crippen LogP contribution in [0.2, 0.25) is 0 Å². The summed E-state index contributed by atoms with van der Waals surface area (Å²) >= 11 is 0. The average Bonchev–Trinajstić information content (AvgIpc) is 2.72. The molecule has 0 aliphatic rings. The lowest BCUT2D eigenvalue weighted by atomic mass is 9.90. The average molecular weight is 258 g/mol. The summed E-state index contributed by atoms with van der Waals surface area (Å²) in [5.74, 6) is 0. The predicted octanol–water partition coefficient (Wildman–Crippen LogP) is 2.64. The molecule has 102 valence electrons. The number of hydrogen-bond acceptors (Lipinski definition) is 3. The van der Waals surface area contributed by atoms with E-state index in [-0.39, 0.29) is 5.41 Å². The predicted molar refractivity (Wildman–Crippen MR) is 77.4 cm³/mol. The minimum atomic E-state index is -0.0461. The molecule has 2 aromatic rings. The Balaban J connectivity index is 2.66. The molecule has 0 amide bonds. The Kier molecular flexibility index (Phi) is 3.45. The molecule has 19 heavy (non-hydrogen) atoms. The van der Waals surface area contributed by atoms with Gasteiger partial charge in [-0.05, 0) is 25.5 Å². The van der Waals surface area contributed by atoms with Crippen molar-refractivity contribution in [2.24, 2.45) is 5.73 Å². The minimum absolute atomic E-state index is 0.0461. The van der Waals surface area contributed by atoms with Gasteiger partial charge in [0.05, 0.1) is 11.4 Å². The second-order valence-corrected chi connectivity index (χ2v) is 6.04. The molecule has 0 atom stereocenters. The third-order valence-electron chi connectivity index (χ3n) is 3.22. The summed E-state index contributed by atoms with van der Waals surface area (Å²) in [5, 5.41) is 8.53. The van der Waals surface area contributed by atoms with Crippen LogP contribution in [0.4, 0.5) is 0 Å². The van der Waals surface area contributed by atoms with Gasteiger partial charge in [-0.3, -0.25) is 0 Å². The molecule has 0 saturated heterocycles. The van der Waals surface area contributed by atoms with Crippen LogP contribution < -0.4 is 5.73 Å². The Morgan fingerprint density at radius 2 is 1.89 bits per heavy atom. The highest BCUT2D eigenvalue weighted by Crippen LogP contribution is 2.28. The molecule has 0 unspecified atom stereocenters. The lowest BCUT2D eigenvalue weighted by Gasteiger charge is -2.21. The molecule has 0 aliphatic carbocycles. The van der Waals surface area contributed by atoms with Gasteiger partial charge in [-0.15, -0.1) is 5.10 Å². The van der Waals surface area contributed by atoms with Crippen molar-refractivity contribution in [2.75, 3.05) is 0 Å². The molecule has 1 heterocycles. The smallest absolute Gasteiger partial charge is 0.100 e. The van der Waals surface area contributed by atoms with Crippen molar-refractivity contribution in [3.05, 3.63) is 40.7 Å². The van der Waals surface area contributed by atoms with Crippen LogP contribution in [0.3, 0.4) is 0 Å². The summed E-state index contributed by atoms with van der Waals surface area (Å²) in [5.41, 5.74) is 11.2. The van der Waals surface area contributed by atoms with Gasteiger partial charge < -0.3 is 5.73 Å². The number of nitrogens with two attached hydrogens (primary N) is 1. The van der Waals surface area contributed by atoms with Crippen molar-refractivity contribution in [2.45, 2.75) is 46.6 Å². The van der Waals surface area contributed by atoms with Crippen LogP contribution in [0.5, 0.6) is 0 Å². The van der Waals surface area contributed by atoms with E-state index in [1.165, 1.54) is 11.1 Å². The van der Waals surface area contributed by atoms with Gasteiger partial charge in [-0.2, -0.15) is 0 Å². The van der Waals surface area contributed by atoms with Crippen LogP contribution >= 0.6 is 0 Å². The van der Waals surface area contributed by atoms with E-state index >= 15 is 0 Å². The molecule has 2 N–H and O–H groups in total. The second kappa shape index (κ2) is 4.78. The van der Waals surface area contributed by atoms with Gasteiger partial charge in [-0.1, -0.05) is 43.7 Å².